The van der Waals surface area contributed by atoms with Crippen molar-refractivity contribution in [1.82, 2.24) is 19.9 Å². The number of hydrogen-bond acceptors (Lipinski definition) is 8. The van der Waals surface area contributed by atoms with Crippen molar-refractivity contribution in [2.75, 3.05) is 10.0 Å². The zero-order chi connectivity index (χ0) is 24.0. The summed E-state index contributed by atoms with van der Waals surface area (Å²) in [5, 5.41) is 3.59. The SMILES string of the molecule is Cc1ccnc(NS(=O)(=O)c2ccc(NC(=O)c3cccc(CSc4cnccn4)c3)cc2)n1. The minimum atomic E-state index is -3.86. The molecule has 2 aromatic heterocycles. The van der Waals surface area contributed by atoms with Gasteiger partial charge in [-0.2, -0.15) is 0 Å². The van der Waals surface area contributed by atoms with Crippen LogP contribution in [0.3, 0.4) is 0 Å². The topological polar surface area (TPSA) is 127 Å². The van der Waals surface area contributed by atoms with Crippen molar-refractivity contribution in [2.45, 2.75) is 22.6 Å². The van der Waals surface area contributed by atoms with Crippen LogP contribution in [-0.2, 0) is 15.8 Å². The highest BCUT2D eigenvalue weighted by Crippen LogP contribution is 2.21. The van der Waals surface area contributed by atoms with E-state index in [-0.39, 0.29) is 16.8 Å². The molecule has 0 bridgehead atoms. The number of hydrogen-bond donors (Lipinski definition) is 2. The molecule has 0 saturated heterocycles. The summed E-state index contributed by atoms with van der Waals surface area (Å²) in [5.74, 6) is 0.340. The first-order valence-corrected chi connectivity index (χ1v) is 12.6. The van der Waals surface area contributed by atoms with E-state index in [1.54, 1.807) is 37.6 Å². The largest absolute Gasteiger partial charge is 0.322 e. The Morgan fingerprint density at radius 3 is 2.56 bits per heavy atom. The summed E-state index contributed by atoms with van der Waals surface area (Å²) in [5.41, 5.74) is 2.57. The van der Waals surface area contributed by atoms with Gasteiger partial charge in [0.1, 0.15) is 5.03 Å². The average molecular weight is 493 g/mol. The fraction of sp³-hybridized carbons (Fsp3) is 0.0870. The maximum Gasteiger partial charge on any atom is 0.264 e. The van der Waals surface area contributed by atoms with Crippen LogP contribution in [0.15, 0.2) is 89.3 Å². The summed E-state index contributed by atoms with van der Waals surface area (Å²) in [6.45, 7) is 1.74. The molecule has 9 nitrogen and oxygen atoms in total. The van der Waals surface area contributed by atoms with Gasteiger partial charge in [-0.05, 0) is 55.0 Å². The molecule has 172 valence electrons. The second kappa shape index (κ2) is 10.4. The quantitative estimate of drug-likeness (QED) is 0.354. The molecule has 11 heteroatoms. The van der Waals surface area contributed by atoms with E-state index < -0.39 is 10.0 Å². The first kappa shape index (κ1) is 23.3. The second-order valence-electron chi connectivity index (χ2n) is 7.14. The van der Waals surface area contributed by atoms with E-state index in [9.17, 15) is 13.2 Å². The Morgan fingerprint density at radius 2 is 1.82 bits per heavy atom. The van der Waals surface area contributed by atoms with Gasteiger partial charge in [-0.15, -0.1) is 11.8 Å². The third-order valence-corrected chi connectivity index (χ3v) is 6.89. The predicted octanol–water partition coefficient (Wildman–Crippen LogP) is 3.92. The highest BCUT2D eigenvalue weighted by Gasteiger charge is 2.16. The Balaban J connectivity index is 1.40. The lowest BCUT2D eigenvalue weighted by Crippen LogP contribution is -2.16. The lowest BCUT2D eigenvalue weighted by molar-refractivity contribution is 0.102. The van der Waals surface area contributed by atoms with Gasteiger partial charge in [0, 0.05) is 41.3 Å². The maximum atomic E-state index is 12.7. The molecule has 2 N–H and O–H groups in total. The van der Waals surface area contributed by atoms with E-state index in [0.717, 1.165) is 10.6 Å². The van der Waals surface area contributed by atoms with Gasteiger partial charge in [0.05, 0.1) is 11.1 Å². The number of carbonyl (C=O) groups excluding carboxylic acids is 1. The highest BCUT2D eigenvalue weighted by molar-refractivity contribution is 7.98. The number of aromatic nitrogens is 4. The molecular formula is C23H20N6O3S2. The van der Waals surface area contributed by atoms with Crippen molar-refractivity contribution in [3.63, 3.8) is 0 Å². The molecule has 0 unspecified atom stereocenters. The van der Waals surface area contributed by atoms with Gasteiger partial charge in [0.2, 0.25) is 5.95 Å². The molecule has 1 amide bonds. The second-order valence-corrected chi connectivity index (χ2v) is 9.82. The molecule has 0 aliphatic rings. The zero-order valence-electron chi connectivity index (χ0n) is 18.0. The molecule has 0 fully saturated rings. The molecule has 0 aliphatic carbocycles. The maximum absolute atomic E-state index is 12.7. The van der Waals surface area contributed by atoms with Crippen LogP contribution >= 0.6 is 11.8 Å². The number of nitrogens with zero attached hydrogens (tertiary/aromatic N) is 4. The number of rotatable bonds is 8. The number of sulfonamides is 1. The average Bonchev–Trinajstić information content (AvgIpc) is 2.84. The lowest BCUT2D eigenvalue weighted by atomic mass is 10.1. The molecule has 4 aromatic rings. The molecule has 0 radical (unpaired) electrons. The first-order chi connectivity index (χ1) is 16.4. The van der Waals surface area contributed by atoms with Gasteiger partial charge in [-0.3, -0.25) is 9.78 Å². The Morgan fingerprint density at radius 1 is 1.00 bits per heavy atom. The van der Waals surface area contributed by atoms with Crippen molar-refractivity contribution in [2.24, 2.45) is 0 Å². The van der Waals surface area contributed by atoms with Crippen molar-refractivity contribution in [3.05, 3.63) is 96.2 Å². The summed E-state index contributed by atoms with van der Waals surface area (Å²) in [6, 6.07) is 14.8. The number of aryl methyl sites for hydroxylation is 1. The fourth-order valence-corrected chi connectivity index (χ4v) is 4.63. The van der Waals surface area contributed by atoms with Gasteiger partial charge in [-0.1, -0.05) is 12.1 Å². The summed E-state index contributed by atoms with van der Waals surface area (Å²) < 4.78 is 27.5. The van der Waals surface area contributed by atoms with E-state index in [0.29, 0.717) is 22.7 Å². The summed E-state index contributed by atoms with van der Waals surface area (Å²) >= 11 is 1.53. The number of carbonyl (C=O) groups is 1. The number of thioether (sulfide) groups is 1. The molecule has 34 heavy (non-hydrogen) atoms. The smallest absolute Gasteiger partial charge is 0.264 e. The summed E-state index contributed by atoms with van der Waals surface area (Å²) in [4.78, 5) is 29.0. The molecule has 2 aromatic carbocycles. The Labute approximate surface area is 201 Å². The minimum absolute atomic E-state index is 0.00488. The lowest BCUT2D eigenvalue weighted by Gasteiger charge is -2.09. The van der Waals surface area contributed by atoms with Crippen molar-refractivity contribution >= 4 is 39.3 Å². The zero-order valence-corrected chi connectivity index (χ0v) is 19.7. The van der Waals surface area contributed by atoms with Gasteiger partial charge < -0.3 is 5.32 Å². The molecule has 0 spiro atoms. The van der Waals surface area contributed by atoms with E-state index in [4.69, 9.17) is 0 Å². The minimum Gasteiger partial charge on any atom is -0.322 e. The molecule has 4 rings (SSSR count). The summed E-state index contributed by atoms with van der Waals surface area (Å²) in [7, 11) is -3.86. The number of amides is 1. The molecule has 0 aliphatic heterocycles. The van der Waals surface area contributed by atoms with E-state index >= 15 is 0 Å². The summed E-state index contributed by atoms with van der Waals surface area (Å²) in [6.07, 6.45) is 6.41. The van der Waals surface area contributed by atoms with Crippen LogP contribution in [0, 0.1) is 6.92 Å². The van der Waals surface area contributed by atoms with Crippen LogP contribution in [0.2, 0.25) is 0 Å². The van der Waals surface area contributed by atoms with Crippen LogP contribution in [0.25, 0.3) is 0 Å². The Hall–Kier alpha value is -3.83. The third-order valence-electron chi connectivity index (χ3n) is 4.56. The Bertz CT molecular complexity index is 1400. The van der Waals surface area contributed by atoms with E-state index in [1.807, 2.05) is 18.2 Å². The fourth-order valence-electron chi connectivity index (χ4n) is 2.92. The van der Waals surface area contributed by atoms with Gasteiger partial charge >= 0.3 is 0 Å². The van der Waals surface area contributed by atoms with Crippen LogP contribution in [0.4, 0.5) is 11.6 Å². The van der Waals surface area contributed by atoms with Crippen LogP contribution in [-0.4, -0.2) is 34.3 Å². The van der Waals surface area contributed by atoms with E-state index in [1.165, 1.54) is 42.2 Å². The molecule has 2 heterocycles. The monoisotopic (exact) mass is 492 g/mol. The number of anilines is 2. The molecular weight excluding hydrogens is 472 g/mol. The number of nitrogens with one attached hydrogen (secondary N) is 2. The molecule has 0 atom stereocenters. The first-order valence-electron chi connectivity index (χ1n) is 10.1. The predicted molar refractivity (Wildman–Crippen MR) is 130 cm³/mol. The van der Waals surface area contributed by atoms with Crippen LogP contribution < -0.4 is 10.0 Å². The van der Waals surface area contributed by atoms with Crippen LogP contribution in [0.5, 0.6) is 0 Å². The van der Waals surface area contributed by atoms with Crippen molar-refractivity contribution in [1.29, 1.82) is 0 Å². The van der Waals surface area contributed by atoms with Crippen molar-refractivity contribution in [3.8, 4) is 0 Å². The number of benzene rings is 2. The van der Waals surface area contributed by atoms with Crippen molar-refractivity contribution < 1.29 is 13.2 Å². The van der Waals surface area contributed by atoms with Gasteiger partial charge in [-0.25, -0.2) is 28.1 Å². The van der Waals surface area contributed by atoms with Crippen LogP contribution in [0.1, 0.15) is 21.6 Å². The normalized spacial score (nSPS) is 11.1. The standard InChI is InChI=1S/C23H20N6O3S2/c1-16-9-10-26-23(27-16)29-34(31,32)20-7-5-19(6-8-20)28-22(30)18-4-2-3-17(13-18)15-33-21-14-24-11-12-25-21/h2-14H,15H2,1H3,(H,28,30)(H,26,27,29). The highest BCUT2D eigenvalue weighted by atomic mass is 32.2. The Kier molecular flexibility index (Phi) is 7.14. The van der Waals surface area contributed by atoms with Gasteiger partial charge in [0.15, 0.2) is 0 Å². The van der Waals surface area contributed by atoms with E-state index in [2.05, 4.69) is 30.0 Å². The van der Waals surface area contributed by atoms with Gasteiger partial charge in [0.25, 0.3) is 15.9 Å². The molecule has 0 saturated carbocycles. The third kappa shape index (κ3) is 6.15.